The molecule has 0 radical (unpaired) electrons. The average Bonchev–Trinajstić information content (AvgIpc) is 3.31. The predicted octanol–water partition coefficient (Wildman–Crippen LogP) is 5.29. The molecular weight excluding hydrogens is 425 g/mol. The summed E-state index contributed by atoms with van der Waals surface area (Å²) in [7, 11) is -3.60. The SMILES string of the molecule is CCCC[C@]1(CC)CS(=O)(=O)c2ccc(N3CCCC3)cc2[C@@H](c2ccc(F)cc2)[C@H]1O. The lowest BCUT2D eigenvalue weighted by atomic mass is 9.69. The summed E-state index contributed by atoms with van der Waals surface area (Å²) in [6.07, 6.45) is 4.36. The van der Waals surface area contributed by atoms with Crippen molar-refractivity contribution in [2.45, 2.75) is 69.3 Å². The zero-order valence-corrected chi connectivity index (χ0v) is 19.9. The summed E-state index contributed by atoms with van der Waals surface area (Å²) in [5.74, 6) is -0.934. The lowest BCUT2D eigenvalue weighted by molar-refractivity contribution is 0.0174. The molecule has 0 aliphatic carbocycles. The Balaban J connectivity index is 1.93. The molecule has 0 bridgehead atoms. The third-order valence-electron chi connectivity index (χ3n) is 7.52. The minimum absolute atomic E-state index is 0.0641. The zero-order chi connectivity index (χ0) is 22.9. The minimum Gasteiger partial charge on any atom is -0.392 e. The van der Waals surface area contributed by atoms with Crippen LogP contribution in [0.4, 0.5) is 10.1 Å². The Bertz CT molecular complexity index is 1050. The van der Waals surface area contributed by atoms with Gasteiger partial charge in [0.2, 0.25) is 0 Å². The van der Waals surface area contributed by atoms with Gasteiger partial charge in [-0.1, -0.05) is 38.8 Å². The number of halogens is 1. The Morgan fingerprint density at radius 1 is 1.09 bits per heavy atom. The van der Waals surface area contributed by atoms with Crippen molar-refractivity contribution < 1.29 is 17.9 Å². The molecule has 2 aliphatic heterocycles. The van der Waals surface area contributed by atoms with Gasteiger partial charge in [-0.2, -0.15) is 0 Å². The summed E-state index contributed by atoms with van der Waals surface area (Å²) in [5, 5.41) is 11.9. The molecular formula is C26H34FNO3S. The van der Waals surface area contributed by atoms with Crippen LogP contribution in [0.1, 0.15) is 69.4 Å². The molecule has 1 N–H and O–H groups in total. The summed E-state index contributed by atoms with van der Waals surface area (Å²) < 4.78 is 41.0. The van der Waals surface area contributed by atoms with Gasteiger partial charge in [0.05, 0.1) is 16.8 Å². The number of anilines is 1. The van der Waals surface area contributed by atoms with Crippen LogP contribution in [-0.2, 0) is 9.84 Å². The zero-order valence-electron chi connectivity index (χ0n) is 19.1. The number of sulfone groups is 1. The molecule has 4 nitrogen and oxygen atoms in total. The van der Waals surface area contributed by atoms with E-state index in [0.29, 0.717) is 23.3 Å². The van der Waals surface area contributed by atoms with E-state index in [4.69, 9.17) is 0 Å². The van der Waals surface area contributed by atoms with Gasteiger partial charge in [-0.3, -0.25) is 0 Å². The lowest BCUT2D eigenvalue weighted by Crippen LogP contribution is -2.42. The van der Waals surface area contributed by atoms with Crippen LogP contribution in [-0.4, -0.2) is 38.5 Å². The van der Waals surface area contributed by atoms with Crippen molar-refractivity contribution in [3.63, 3.8) is 0 Å². The first-order valence-electron chi connectivity index (χ1n) is 11.9. The van der Waals surface area contributed by atoms with Crippen LogP contribution in [0.3, 0.4) is 0 Å². The van der Waals surface area contributed by atoms with E-state index in [-0.39, 0.29) is 11.6 Å². The van der Waals surface area contributed by atoms with Crippen molar-refractivity contribution in [3.05, 3.63) is 59.4 Å². The van der Waals surface area contributed by atoms with Gasteiger partial charge in [-0.15, -0.1) is 0 Å². The highest BCUT2D eigenvalue weighted by molar-refractivity contribution is 7.91. The van der Waals surface area contributed by atoms with Crippen LogP contribution in [0.15, 0.2) is 47.4 Å². The quantitative estimate of drug-likeness (QED) is 0.637. The standard InChI is InChI=1S/C26H34FNO3S/c1-3-5-14-26(4-2)18-32(30,31)23-13-12-21(28-15-6-7-16-28)17-22(23)24(25(26)29)19-8-10-20(27)11-9-19/h8-13,17,24-25,29H,3-7,14-16,18H2,1-2H3/t24-,25-,26-/m1/s1. The molecule has 2 heterocycles. The van der Waals surface area contributed by atoms with Gasteiger partial charge in [0.25, 0.3) is 0 Å². The highest BCUT2D eigenvalue weighted by Crippen LogP contribution is 2.49. The Labute approximate surface area is 191 Å². The van der Waals surface area contributed by atoms with E-state index in [1.165, 1.54) is 12.1 Å². The Morgan fingerprint density at radius 2 is 1.78 bits per heavy atom. The van der Waals surface area contributed by atoms with E-state index in [1.54, 1.807) is 18.2 Å². The van der Waals surface area contributed by atoms with Gasteiger partial charge in [0.1, 0.15) is 5.82 Å². The largest absolute Gasteiger partial charge is 0.392 e. The number of unbranched alkanes of at least 4 members (excludes halogenated alkanes) is 1. The van der Waals surface area contributed by atoms with E-state index in [1.807, 2.05) is 19.1 Å². The van der Waals surface area contributed by atoms with Crippen LogP contribution in [0.5, 0.6) is 0 Å². The molecule has 0 spiro atoms. The Morgan fingerprint density at radius 3 is 2.41 bits per heavy atom. The van der Waals surface area contributed by atoms with Gasteiger partial charge in [-0.25, -0.2) is 12.8 Å². The summed E-state index contributed by atoms with van der Waals surface area (Å²) in [5.41, 5.74) is 1.64. The number of aliphatic hydroxyl groups is 1. The monoisotopic (exact) mass is 459 g/mol. The average molecular weight is 460 g/mol. The fourth-order valence-corrected chi connectivity index (χ4v) is 7.82. The number of rotatable bonds is 6. The van der Waals surface area contributed by atoms with Crippen molar-refractivity contribution in [1.82, 2.24) is 0 Å². The summed E-state index contributed by atoms with van der Waals surface area (Å²) in [6.45, 7) is 5.95. The molecule has 0 unspecified atom stereocenters. The summed E-state index contributed by atoms with van der Waals surface area (Å²) in [6, 6.07) is 11.8. The van der Waals surface area contributed by atoms with Crippen LogP contribution < -0.4 is 4.90 Å². The minimum atomic E-state index is -3.60. The van der Waals surface area contributed by atoms with E-state index >= 15 is 0 Å². The van der Waals surface area contributed by atoms with E-state index in [2.05, 4.69) is 11.8 Å². The van der Waals surface area contributed by atoms with E-state index in [0.717, 1.165) is 50.0 Å². The molecule has 0 amide bonds. The van der Waals surface area contributed by atoms with Crippen molar-refractivity contribution in [2.75, 3.05) is 23.7 Å². The first-order valence-corrected chi connectivity index (χ1v) is 13.5. The normalized spacial score (nSPS) is 27.2. The molecule has 174 valence electrons. The molecule has 0 saturated carbocycles. The topological polar surface area (TPSA) is 57.6 Å². The second-order valence-electron chi connectivity index (χ2n) is 9.47. The maximum Gasteiger partial charge on any atom is 0.179 e. The van der Waals surface area contributed by atoms with Crippen molar-refractivity contribution in [1.29, 1.82) is 0 Å². The molecule has 32 heavy (non-hydrogen) atoms. The van der Waals surface area contributed by atoms with Crippen LogP contribution in [0.25, 0.3) is 0 Å². The number of aliphatic hydroxyl groups excluding tert-OH is 1. The molecule has 1 saturated heterocycles. The van der Waals surface area contributed by atoms with Crippen molar-refractivity contribution >= 4 is 15.5 Å². The summed E-state index contributed by atoms with van der Waals surface area (Å²) in [4.78, 5) is 2.58. The fourth-order valence-electron chi connectivity index (χ4n) is 5.57. The maximum atomic E-state index is 13.7. The van der Waals surface area contributed by atoms with Crippen LogP contribution in [0.2, 0.25) is 0 Å². The van der Waals surface area contributed by atoms with Gasteiger partial charge < -0.3 is 10.0 Å². The molecule has 0 aromatic heterocycles. The second kappa shape index (κ2) is 9.14. The van der Waals surface area contributed by atoms with Gasteiger partial charge in [-0.05, 0) is 67.1 Å². The summed E-state index contributed by atoms with van der Waals surface area (Å²) >= 11 is 0. The number of hydrogen-bond donors (Lipinski definition) is 1. The smallest absolute Gasteiger partial charge is 0.179 e. The highest BCUT2D eigenvalue weighted by Gasteiger charge is 2.49. The first-order chi connectivity index (χ1) is 15.3. The fraction of sp³-hybridized carbons (Fsp3) is 0.538. The van der Waals surface area contributed by atoms with Crippen LogP contribution in [0, 0.1) is 11.2 Å². The Kier molecular flexibility index (Phi) is 6.64. The predicted molar refractivity (Wildman–Crippen MR) is 126 cm³/mol. The molecule has 2 aliphatic rings. The molecule has 6 heteroatoms. The lowest BCUT2D eigenvalue weighted by Gasteiger charge is -2.39. The van der Waals surface area contributed by atoms with Gasteiger partial charge in [0.15, 0.2) is 9.84 Å². The third-order valence-corrected chi connectivity index (χ3v) is 9.51. The number of nitrogens with zero attached hydrogens (tertiary/aromatic N) is 1. The highest BCUT2D eigenvalue weighted by atomic mass is 32.2. The van der Waals surface area contributed by atoms with E-state index < -0.39 is 27.3 Å². The number of hydrogen-bond acceptors (Lipinski definition) is 4. The third kappa shape index (κ3) is 4.19. The first kappa shape index (κ1) is 23.2. The van der Waals surface area contributed by atoms with Crippen molar-refractivity contribution in [3.8, 4) is 0 Å². The molecule has 2 aromatic carbocycles. The van der Waals surface area contributed by atoms with E-state index in [9.17, 15) is 17.9 Å². The second-order valence-corrected chi connectivity index (χ2v) is 11.4. The van der Waals surface area contributed by atoms with Crippen molar-refractivity contribution in [2.24, 2.45) is 5.41 Å². The molecule has 1 fully saturated rings. The van der Waals surface area contributed by atoms with Crippen LogP contribution >= 0.6 is 0 Å². The molecule has 4 rings (SSSR count). The maximum absolute atomic E-state index is 13.7. The number of fused-ring (bicyclic) bond motifs is 1. The van der Waals surface area contributed by atoms with Gasteiger partial charge >= 0.3 is 0 Å². The Hall–Kier alpha value is -1.92. The number of benzene rings is 2. The molecule has 3 atom stereocenters. The molecule has 2 aromatic rings. The van der Waals surface area contributed by atoms with Gasteiger partial charge in [0, 0.05) is 30.1 Å².